The summed E-state index contributed by atoms with van der Waals surface area (Å²) in [6.45, 7) is 3.87. The van der Waals surface area contributed by atoms with Crippen molar-refractivity contribution in [3.8, 4) is 0 Å². The lowest BCUT2D eigenvalue weighted by Crippen LogP contribution is -2.37. The molecule has 0 saturated heterocycles. The molecule has 0 aliphatic carbocycles. The van der Waals surface area contributed by atoms with Crippen LogP contribution in [-0.4, -0.2) is 16.8 Å². The van der Waals surface area contributed by atoms with Crippen molar-refractivity contribution in [2.45, 2.75) is 26.3 Å². The topological polar surface area (TPSA) is 71.1 Å². The standard InChI is InChI=1S/C15H16ClN3O2S/c1-3-11(15-17-8-9(2)22-15)18-13(20)14(21)19-12-7-5-4-6-10(12)16/h4-8,11H,3H2,1-2H3,(H,18,20)(H,19,21)/t11-/m1/s1. The second-order valence-electron chi connectivity index (χ2n) is 4.68. The van der Waals surface area contributed by atoms with Crippen LogP contribution in [0.1, 0.15) is 29.3 Å². The van der Waals surface area contributed by atoms with Crippen molar-refractivity contribution in [2.75, 3.05) is 5.32 Å². The molecule has 1 atom stereocenters. The molecule has 0 unspecified atom stereocenters. The Hall–Kier alpha value is -1.92. The number of aryl methyl sites for hydroxylation is 1. The maximum atomic E-state index is 12.0. The van der Waals surface area contributed by atoms with E-state index in [2.05, 4.69) is 15.6 Å². The average Bonchev–Trinajstić information content (AvgIpc) is 2.93. The van der Waals surface area contributed by atoms with E-state index in [9.17, 15) is 9.59 Å². The third-order valence-corrected chi connectivity index (χ3v) is 4.34. The fourth-order valence-electron chi connectivity index (χ4n) is 1.84. The number of hydrogen-bond donors (Lipinski definition) is 2. The molecule has 1 aromatic carbocycles. The van der Waals surface area contributed by atoms with Crippen LogP contribution in [0, 0.1) is 6.92 Å². The summed E-state index contributed by atoms with van der Waals surface area (Å²) in [6, 6.07) is 6.48. The number of anilines is 1. The van der Waals surface area contributed by atoms with E-state index in [0.717, 1.165) is 9.88 Å². The van der Waals surface area contributed by atoms with Crippen molar-refractivity contribution in [3.05, 3.63) is 45.4 Å². The van der Waals surface area contributed by atoms with Crippen LogP contribution in [-0.2, 0) is 9.59 Å². The maximum Gasteiger partial charge on any atom is 0.313 e. The minimum atomic E-state index is -0.750. The van der Waals surface area contributed by atoms with E-state index in [1.54, 1.807) is 30.5 Å². The van der Waals surface area contributed by atoms with E-state index in [1.807, 2.05) is 13.8 Å². The van der Waals surface area contributed by atoms with Crippen LogP contribution >= 0.6 is 22.9 Å². The summed E-state index contributed by atoms with van der Waals surface area (Å²) in [5.41, 5.74) is 0.405. The molecule has 2 N–H and O–H groups in total. The summed E-state index contributed by atoms with van der Waals surface area (Å²) >= 11 is 7.45. The first kappa shape index (κ1) is 16.5. The predicted molar refractivity (Wildman–Crippen MR) is 88.1 cm³/mol. The highest BCUT2D eigenvalue weighted by molar-refractivity contribution is 7.11. The minimum absolute atomic E-state index is 0.275. The average molecular weight is 338 g/mol. The van der Waals surface area contributed by atoms with E-state index < -0.39 is 11.8 Å². The zero-order chi connectivity index (χ0) is 16.1. The Morgan fingerprint density at radius 2 is 2.05 bits per heavy atom. The summed E-state index contributed by atoms with van der Waals surface area (Å²) in [6.07, 6.45) is 2.40. The predicted octanol–water partition coefficient (Wildman–Crippen LogP) is 3.31. The van der Waals surface area contributed by atoms with Crippen LogP contribution in [0.15, 0.2) is 30.5 Å². The molecule has 22 heavy (non-hydrogen) atoms. The van der Waals surface area contributed by atoms with Crippen LogP contribution in [0.3, 0.4) is 0 Å². The van der Waals surface area contributed by atoms with E-state index in [1.165, 1.54) is 11.3 Å². The summed E-state index contributed by atoms with van der Waals surface area (Å²) < 4.78 is 0. The fourth-order valence-corrected chi connectivity index (χ4v) is 2.93. The molecule has 1 aromatic heterocycles. The highest BCUT2D eigenvalue weighted by Crippen LogP contribution is 2.22. The Labute approximate surface area is 137 Å². The van der Waals surface area contributed by atoms with Gasteiger partial charge in [0, 0.05) is 11.1 Å². The number of carbonyl (C=O) groups is 2. The monoisotopic (exact) mass is 337 g/mol. The van der Waals surface area contributed by atoms with Crippen molar-refractivity contribution < 1.29 is 9.59 Å². The number of benzene rings is 1. The second kappa shape index (κ2) is 7.38. The van der Waals surface area contributed by atoms with E-state index >= 15 is 0 Å². The Morgan fingerprint density at radius 3 is 2.64 bits per heavy atom. The molecule has 5 nitrogen and oxygen atoms in total. The number of rotatable bonds is 4. The molecule has 2 rings (SSSR count). The van der Waals surface area contributed by atoms with Gasteiger partial charge in [-0.3, -0.25) is 9.59 Å². The Kier molecular flexibility index (Phi) is 5.51. The fraction of sp³-hybridized carbons (Fsp3) is 0.267. The Morgan fingerprint density at radius 1 is 1.32 bits per heavy atom. The van der Waals surface area contributed by atoms with Gasteiger partial charge in [0.15, 0.2) is 0 Å². The number of aromatic nitrogens is 1. The highest BCUT2D eigenvalue weighted by Gasteiger charge is 2.21. The zero-order valence-corrected chi connectivity index (χ0v) is 13.8. The molecule has 2 amide bonds. The largest absolute Gasteiger partial charge is 0.339 e. The van der Waals surface area contributed by atoms with Crippen molar-refractivity contribution in [3.63, 3.8) is 0 Å². The van der Waals surface area contributed by atoms with Gasteiger partial charge in [-0.2, -0.15) is 0 Å². The molecule has 0 fully saturated rings. The highest BCUT2D eigenvalue weighted by atomic mass is 35.5. The molecule has 2 aromatic rings. The van der Waals surface area contributed by atoms with Crippen LogP contribution in [0.4, 0.5) is 5.69 Å². The summed E-state index contributed by atoms with van der Waals surface area (Å²) in [5.74, 6) is -1.46. The van der Waals surface area contributed by atoms with Crippen LogP contribution in [0.5, 0.6) is 0 Å². The SMILES string of the molecule is CC[C@@H](NC(=O)C(=O)Nc1ccccc1Cl)c1ncc(C)s1. The van der Waals surface area contributed by atoms with Gasteiger partial charge in [0.05, 0.1) is 16.8 Å². The molecule has 116 valence electrons. The normalized spacial score (nSPS) is 11.8. The summed E-state index contributed by atoms with van der Waals surface area (Å²) in [4.78, 5) is 29.3. The molecule has 0 bridgehead atoms. The molecular formula is C15H16ClN3O2S. The summed E-state index contributed by atoms with van der Waals surface area (Å²) in [5, 5.41) is 6.36. The molecule has 0 aliphatic rings. The van der Waals surface area contributed by atoms with Crippen LogP contribution in [0.2, 0.25) is 5.02 Å². The first-order valence-corrected chi connectivity index (χ1v) is 7.99. The quantitative estimate of drug-likeness (QED) is 0.841. The third kappa shape index (κ3) is 4.05. The van der Waals surface area contributed by atoms with Gasteiger partial charge in [-0.1, -0.05) is 30.7 Å². The van der Waals surface area contributed by atoms with E-state index in [4.69, 9.17) is 11.6 Å². The number of hydrogen-bond acceptors (Lipinski definition) is 4. The number of nitrogens with one attached hydrogen (secondary N) is 2. The number of para-hydroxylation sites is 1. The van der Waals surface area contributed by atoms with Crippen molar-refractivity contribution in [2.24, 2.45) is 0 Å². The maximum absolute atomic E-state index is 12.0. The molecule has 0 saturated carbocycles. The minimum Gasteiger partial charge on any atom is -0.339 e. The van der Waals surface area contributed by atoms with Gasteiger partial charge in [-0.05, 0) is 25.5 Å². The smallest absolute Gasteiger partial charge is 0.313 e. The van der Waals surface area contributed by atoms with Gasteiger partial charge in [0.2, 0.25) is 0 Å². The number of thiazole rings is 1. The first-order chi connectivity index (χ1) is 10.5. The lowest BCUT2D eigenvalue weighted by molar-refractivity contribution is -0.136. The van der Waals surface area contributed by atoms with Crippen molar-refractivity contribution >= 4 is 40.4 Å². The van der Waals surface area contributed by atoms with Gasteiger partial charge >= 0.3 is 11.8 Å². The van der Waals surface area contributed by atoms with Crippen LogP contribution < -0.4 is 10.6 Å². The lowest BCUT2D eigenvalue weighted by Gasteiger charge is -2.14. The molecular weight excluding hydrogens is 322 g/mol. The van der Waals surface area contributed by atoms with Gasteiger partial charge in [-0.25, -0.2) is 4.98 Å². The van der Waals surface area contributed by atoms with Gasteiger partial charge in [0.25, 0.3) is 0 Å². The van der Waals surface area contributed by atoms with Crippen molar-refractivity contribution in [1.29, 1.82) is 0 Å². The first-order valence-electron chi connectivity index (χ1n) is 6.80. The summed E-state index contributed by atoms with van der Waals surface area (Å²) in [7, 11) is 0. The van der Waals surface area contributed by atoms with E-state index in [-0.39, 0.29) is 6.04 Å². The number of nitrogens with zero attached hydrogens (tertiary/aromatic N) is 1. The van der Waals surface area contributed by atoms with Gasteiger partial charge in [0.1, 0.15) is 5.01 Å². The van der Waals surface area contributed by atoms with Crippen molar-refractivity contribution in [1.82, 2.24) is 10.3 Å². The zero-order valence-electron chi connectivity index (χ0n) is 12.2. The second-order valence-corrected chi connectivity index (χ2v) is 6.35. The van der Waals surface area contributed by atoms with Gasteiger partial charge in [-0.15, -0.1) is 11.3 Å². The number of carbonyl (C=O) groups excluding carboxylic acids is 2. The molecule has 7 heteroatoms. The Bertz CT molecular complexity index is 687. The third-order valence-electron chi connectivity index (χ3n) is 2.98. The van der Waals surface area contributed by atoms with Crippen LogP contribution in [0.25, 0.3) is 0 Å². The lowest BCUT2D eigenvalue weighted by atomic mass is 10.2. The number of halogens is 1. The Balaban J connectivity index is 2.01. The molecule has 1 heterocycles. The molecule has 0 aliphatic heterocycles. The number of amides is 2. The van der Waals surface area contributed by atoms with E-state index in [0.29, 0.717) is 17.1 Å². The molecule has 0 spiro atoms. The molecule has 0 radical (unpaired) electrons. The van der Waals surface area contributed by atoms with Gasteiger partial charge < -0.3 is 10.6 Å².